The van der Waals surface area contributed by atoms with Gasteiger partial charge in [0, 0.05) is 53.8 Å². The van der Waals surface area contributed by atoms with Gasteiger partial charge >= 0.3 is 5.97 Å². The molecule has 2 heterocycles. The first-order valence-electron chi connectivity index (χ1n) is 11.2. The second-order valence-corrected chi connectivity index (χ2v) is 9.90. The number of benzene rings is 2. The molecule has 1 aliphatic carbocycles. The Morgan fingerprint density at radius 1 is 1.06 bits per heavy atom. The van der Waals surface area contributed by atoms with Crippen LogP contribution in [0.15, 0.2) is 48.3 Å². The number of carbonyl (C=O) groups is 3. The van der Waals surface area contributed by atoms with E-state index in [9.17, 15) is 14.4 Å². The number of carbonyl (C=O) groups excluding carboxylic acids is 3. The third-order valence-electron chi connectivity index (χ3n) is 6.16. The van der Waals surface area contributed by atoms with Crippen LogP contribution in [0.5, 0.6) is 0 Å². The predicted molar refractivity (Wildman–Crippen MR) is 126 cm³/mol. The Hall–Kier alpha value is -3.61. The van der Waals surface area contributed by atoms with Crippen LogP contribution in [0.4, 0.5) is 11.4 Å². The summed E-state index contributed by atoms with van der Waals surface area (Å²) in [5.41, 5.74) is 5.14. The van der Waals surface area contributed by atoms with E-state index in [0.717, 1.165) is 29.1 Å². The summed E-state index contributed by atoms with van der Waals surface area (Å²) in [7, 11) is 0. The summed E-state index contributed by atoms with van der Waals surface area (Å²) in [6.07, 6.45) is 2.72. The van der Waals surface area contributed by atoms with Crippen molar-refractivity contribution >= 4 is 29.0 Å². The largest absolute Gasteiger partial charge is 0.458 e. The highest BCUT2D eigenvalue weighted by atomic mass is 16.6. The van der Waals surface area contributed by atoms with Crippen molar-refractivity contribution in [1.82, 2.24) is 5.32 Å². The van der Waals surface area contributed by atoms with E-state index in [4.69, 9.17) is 4.74 Å². The lowest BCUT2D eigenvalue weighted by Gasteiger charge is -2.23. The molecule has 2 unspecified atom stereocenters. The topological polar surface area (TPSA) is 87.7 Å². The number of amides is 1. The molecule has 2 aromatic carbocycles. The number of hydrogen-bond acceptors (Lipinski definition) is 6. The Balaban J connectivity index is 1.34. The molecular weight excluding hydrogens is 418 g/mol. The molecule has 7 heteroatoms. The van der Waals surface area contributed by atoms with E-state index >= 15 is 0 Å². The molecule has 7 nitrogen and oxygen atoms in total. The smallest absolute Gasteiger partial charge is 0.329 e. The lowest BCUT2D eigenvalue weighted by Crippen LogP contribution is -2.37. The zero-order chi connectivity index (χ0) is 23.5. The van der Waals surface area contributed by atoms with E-state index in [2.05, 4.69) is 15.5 Å². The van der Waals surface area contributed by atoms with Crippen molar-refractivity contribution < 1.29 is 19.1 Å². The number of ether oxygens (including phenoxy) is 1. The van der Waals surface area contributed by atoms with Crippen molar-refractivity contribution in [2.24, 2.45) is 5.92 Å². The fourth-order valence-corrected chi connectivity index (χ4v) is 4.80. The van der Waals surface area contributed by atoms with Gasteiger partial charge in [0.15, 0.2) is 5.78 Å². The molecule has 1 fully saturated rings. The number of hydrogen-bond donors (Lipinski definition) is 2. The normalized spacial score (nSPS) is 20.5. The quantitative estimate of drug-likeness (QED) is 0.596. The Kier molecular flexibility index (Phi) is 4.81. The molecule has 0 spiro atoms. The molecule has 2 aromatic rings. The SMILES string of the molecule is CC(=O)Nc1ccc2c(c1)C(=O)c1cc(N3C=C4NC(C(=O)OC(C)(C)C)CC4C3)ccc1-2. The van der Waals surface area contributed by atoms with Crippen LogP contribution >= 0.6 is 0 Å². The van der Waals surface area contributed by atoms with Crippen molar-refractivity contribution in [3.05, 3.63) is 59.4 Å². The Morgan fingerprint density at radius 3 is 2.42 bits per heavy atom. The van der Waals surface area contributed by atoms with Crippen molar-refractivity contribution in [1.29, 1.82) is 0 Å². The van der Waals surface area contributed by atoms with E-state index in [1.807, 2.05) is 57.3 Å². The molecule has 0 bridgehead atoms. The molecular formula is C26H27N3O4. The summed E-state index contributed by atoms with van der Waals surface area (Å²) in [6.45, 7) is 7.80. The maximum absolute atomic E-state index is 13.1. The van der Waals surface area contributed by atoms with Gasteiger partial charge in [0.2, 0.25) is 5.91 Å². The summed E-state index contributed by atoms with van der Waals surface area (Å²) < 4.78 is 5.52. The first-order chi connectivity index (χ1) is 15.6. The van der Waals surface area contributed by atoms with E-state index < -0.39 is 5.60 Å². The molecule has 2 atom stereocenters. The van der Waals surface area contributed by atoms with Gasteiger partial charge in [0.25, 0.3) is 0 Å². The van der Waals surface area contributed by atoms with E-state index in [-0.39, 0.29) is 29.6 Å². The van der Waals surface area contributed by atoms with Crippen LogP contribution in [0.3, 0.4) is 0 Å². The molecule has 33 heavy (non-hydrogen) atoms. The first kappa shape index (κ1) is 21.2. The Labute approximate surface area is 192 Å². The van der Waals surface area contributed by atoms with Crippen molar-refractivity contribution in [3.8, 4) is 11.1 Å². The van der Waals surface area contributed by atoms with Gasteiger partial charge in [-0.3, -0.25) is 9.59 Å². The number of nitrogens with one attached hydrogen (secondary N) is 2. The lowest BCUT2D eigenvalue weighted by molar-refractivity contribution is -0.157. The van der Waals surface area contributed by atoms with Crippen LogP contribution in [0.1, 0.15) is 50.0 Å². The summed E-state index contributed by atoms with van der Waals surface area (Å²) in [5, 5.41) is 6.05. The number of ketones is 1. The first-order valence-corrected chi connectivity index (χ1v) is 11.2. The second kappa shape index (κ2) is 7.47. The number of esters is 1. The second-order valence-electron chi connectivity index (χ2n) is 9.90. The molecule has 5 rings (SSSR count). The van der Waals surface area contributed by atoms with Crippen molar-refractivity contribution in [3.63, 3.8) is 0 Å². The molecule has 1 saturated heterocycles. The highest BCUT2D eigenvalue weighted by Gasteiger charge is 2.40. The summed E-state index contributed by atoms with van der Waals surface area (Å²) >= 11 is 0. The van der Waals surface area contributed by atoms with Crippen LogP contribution < -0.4 is 15.5 Å². The fraction of sp³-hybridized carbons (Fsp3) is 0.346. The molecule has 170 valence electrons. The van der Waals surface area contributed by atoms with Crippen LogP contribution in [0, 0.1) is 5.92 Å². The maximum atomic E-state index is 13.1. The van der Waals surface area contributed by atoms with Gasteiger partial charge < -0.3 is 20.3 Å². The van der Waals surface area contributed by atoms with Gasteiger partial charge in [0.05, 0.1) is 0 Å². The average molecular weight is 446 g/mol. The van der Waals surface area contributed by atoms with E-state index in [0.29, 0.717) is 23.2 Å². The minimum atomic E-state index is -0.506. The molecule has 2 N–H and O–H groups in total. The van der Waals surface area contributed by atoms with Gasteiger partial charge in [-0.2, -0.15) is 0 Å². The summed E-state index contributed by atoms with van der Waals surface area (Å²) in [5.74, 6) is -0.202. The minimum absolute atomic E-state index is 0.0378. The zero-order valence-corrected chi connectivity index (χ0v) is 19.2. The lowest BCUT2D eigenvalue weighted by atomic mass is 10.0. The van der Waals surface area contributed by atoms with Crippen molar-refractivity contribution in [2.75, 3.05) is 16.8 Å². The Morgan fingerprint density at radius 2 is 1.76 bits per heavy atom. The molecule has 0 radical (unpaired) electrons. The maximum Gasteiger partial charge on any atom is 0.329 e. The van der Waals surface area contributed by atoms with Crippen LogP contribution in [-0.2, 0) is 14.3 Å². The monoisotopic (exact) mass is 445 g/mol. The predicted octanol–water partition coefficient (Wildman–Crippen LogP) is 3.84. The third kappa shape index (κ3) is 3.88. The van der Waals surface area contributed by atoms with Gasteiger partial charge in [0.1, 0.15) is 11.6 Å². The molecule has 0 aromatic heterocycles. The number of rotatable bonds is 3. The van der Waals surface area contributed by atoms with E-state index in [1.165, 1.54) is 6.92 Å². The van der Waals surface area contributed by atoms with Crippen LogP contribution in [0.2, 0.25) is 0 Å². The number of fused-ring (bicyclic) bond motifs is 4. The van der Waals surface area contributed by atoms with Crippen molar-refractivity contribution in [2.45, 2.75) is 45.8 Å². The fourth-order valence-electron chi connectivity index (χ4n) is 4.80. The van der Waals surface area contributed by atoms with Crippen LogP contribution in [0.25, 0.3) is 11.1 Å². The van der Waals surface area contributed by atoms with Crippen LogP contribution in [-0.4, -0.2) is 35.8 Å². The molecule has 3 aliphatic rings. The van der Waals surface area contributed by atoms with Gasteiger partial charge in [-0.25, -0.2) is 4.79 Å². The molecule has 0 saturated carbocycles. The van der Waals surface area contributed by atoms with Gasteiger partial charge in [-0.15, -0.1) is 0 Å². The molecule has 1 amide bonds. The molecule has 2 aliphatic heterocycles. The van der Waals surface area contributed by atoms with E-state index in [1.54, 1.807) is 6.07 Å². The highest BCUT2D eigenvalue weighted by molar-refractivity contribution is 6.22. The highest BCUT2D eigenvalue weighted by Crippen LogP contribution is 2.41. The summed E-state index contributed by atoms with van der Waals surface area (Å²) in [6, 6.07) is 11.0. The van der Waals surface area contributed by atoms with Gasteiger partial charge in [-0.1, -0.05) is 12.1 Å². The minimum Gasteiger partial charge on any atom is -0.458 e. The third-order valence-corrected chi connectivity index (χ3v) is 6.16. The zero-order valence-electron chi connectivity index (χ0n) is 19.2. The standard InChI is InChI=1S/C26H27N3O4/c1-14(30)27-16-5-7-18-19-8-6-17(11-21(19)24(31)20(18)10-16)29-12-15-9-22(28-23(15)13-29)25(32)33-26(2,3)4/h5-8,10-11,13,15,22,28H,9,12H2,1-4H3,(H,27,30). The number of anilines is 2. The average Bonchev–Trinajstić information content (AvgIpc) is 3.37. The number of nitrogens with zero attached hydrogens (tertiary/aromatic N) is 1. The summed E-state index contributed by atoms with van der Waals surface area (Å²) in [4.78, 5) is 39.0. The Bertz CT molecular complexity index is 1220. The van der Waals surface area contributed by atoms with Gasteiger partial charge in [-0.05, 0) is 62.6 Å².